The Hall–Kier alpha value is -2.15. The van der Waals surface area contributed by atoms with Crippen LogP contribution in [0.3, 0.4) is 0 Å². The van der Waals surface area contributed by atoms with Crippen molar-refractivity contribution < 1.29 is 4.79 Å². The van der Waals surface area contributed by atoms with E-state index in [1.54, 1.807) is 0 Å². The van der Waals surface area contributed by atoms with Crippen LogP contribution in [0.15, 0.2) is 18.2 Å². The molecule has 1 fully saturated rings. The van der Waals surface area contributed by atoms with Crippen LogP contribution < -0.4 is 15.5 Å². The molecule has 0 unspecified atom stereocenters. The van der Waals surface area contributed by atoms with Crippen LogP contribution in [0.2, 0.25) is 0 Å². The summed E-state index contributed by atoms with van der Waals surface area (Å²) in [7, 11) is 0. The van der Waals surface area contributed by atoms with Crippen molar-refractivity contribution in [3.8, 4) is 0 Å². The van der Waals surface area contributed by atoms with Crippen molar-refractivity contribution in [3.63, 3.8) is 0 Å². The van der Waals surface area contributed by atoms with E-state index < -0.39 is 0 Å². The van der Waals surface area contributed by atoms with Gasteiger partial charge in [0.15, 0.2) is 0 Å². The summed E-state index contributed by atoms with van der Waals surface area (Å²) in [4.78, 5) is 14.6. The van der Waals surface area contributed by atoms with Crippen molar-refractivity contribution in [3.05, 3.63) is 35.2 Å². The number of aryl methyl sites for hydroxylation is 3. The standard InChI is InChI=1S/C17H23N5OS/c1-11-10-14(4-5-15(11)22-6-8-24-9-7-22)18-17(23)19-16-12(2)20-21-13(16)3/h4-5,10H,6-9H2,1-3H3,(H,20,21)(H2,18,19,23). The topological polar surface area (TPSA) is 73.0 Å². The number of aromatic nitrogens is 2. The van der Waals surface area contributed by atoms with Gasteiger partial charge in [0.1, 0.15) is 0 Å². The zero-order chi connectivity index (χ0) is 17.1. The van der Waals surface area contributed by atoms with Crippen LogP contribution in [0, 0.1) is 20.8 Å². The van der Waals surface area contributed by atoms with Gasteiger partial charge >= 0.3 is 6.03 Å². The molecule has 2 aromatic rings. The van der Waals surface area contributed by atoms with Gasteiger partial charge in [-0.05, 0) is 44.5 Å². The molecular formula is C17H23N5OS. The Bertz CT molecular complexity index is 717. The van der Waals surface area contributed by atoms with E-state index in [4.69, 9.17) is 0 Å². The normalized spacial score (nSPS) is 14.5. The van der Waals surface area contributed by atoms with Gasteiger partial charge in [0, 0.05) is 36.0 Å². The maximum Gasteiger partial charge on any atom is 0.323 e. The molecule has 2 heterocycles. The van der Waals surface area contributed by atoms with E-state index in [1.165, 1.54) is 22.8 Å². The average molecular weight is 345 g/mol. The predicted molar refractivity (Wildman–Crippen MR) is 101 cm³/mol. The molecule has 1 saturated heterocycles. The van der Waals surface area contributed by atoms with Crippen LogP contribution in [-0.2, 0) is 0 Å². The number of amides is 2. The fourth-order valence-electron chi connectivity index (χ4n) is 2.90. The SMILES string of the molecule is Cc1cc(NC(=O)Nc2c(C)n[nH]c2C)ccc1N1CCSCC1. The second-order valence-electron chi connectivity index (χ2n) is 5.99. The van der Waals surface area contributed by atoms with E-state index >= 15 is 0 Å². The first-order chi connectivity index (χ1) is 11.5. The molecule has 0 radical (unpaired) electrons. The predicted octanol–water partition coefficient (Wildman–Crippen LogP) is 3.53. The van der Waals surface area contributed by atoms with Crippen LogP contribution in [0.1, 0.15) is 17.0 Å². The highest BCUT2D eigenvalue weighted by atomic mass is 32.2. The summed E-state index contributed by atoms with van der Waals surface area (Å²) >= 11 is 2.00. The summed E-state index contributed by atoms with van der Waals surface area (Å²) in [5.74, 6) is 2.34. The molecule has 0 aliphatic carbocycles. The summed E-state index contributed by atoms with van der Waals surface area (Å²) in [6, 6.07) is 5.81. The second-order valence-corrected chi connectivity index (χ2v) is 7.21. The van der Waals surface area contributed by atoms with Gasteiger partial charge in [-0.15, -0.1) is 0 Å². The molecule has 3 rings (SSSR count). The van der Waals surface area contributed by atoms with Crippen LogP contribution in [-0.4, -0.2) is 40.8 Å². The van der Waals surface area contributed by atoms with Gasteiger partial charge in [-0.2, -0.15) is 16.9 Å². The Morgan fingerprint density at radius 2 is 1.96 bits per heavy atom. The molecule has 1 aliphatic rings. The Morgan fingerprint density at radius 3 is 2.58 bits per heavy atom. The number of nitrogens with zero attached hydrogens (tertiary/aromatic N) is 2. The highest BCUT2D eigenvalue weighted by Gasteiger charge is 2.14. The number of urea groups is 1. The van der Waals surface area contributed by atoms with Crippen molar-refractivity contribution in [2.75, 3.05) is 40.1 Å². The number of hydrogen-bond donors (Lipinski definition) is 3. The van der Waals surface area contributed by atoms with Gasteiger partial charge in [0.2, 0.25) is 0 Å². The van der Waals surface area contributed by atoms with Gasteiger partial charge < -0.3 is 15.5 Å². The van der Waals surface area contributed by atoms with E-state index in [-0.39, 0.29) is 6.03 Å². The maximum absolute atomic E-state index is 12.2. The molecule has 128 valence electrons. The number of hydrogen-bond acceptors (Lipinski definition) is 4. The highest BCUT2D eigenvalue weighted by molar-refractivity contribution is 7.99. The molecule has 0 spiro atoms. The monoisotopic (exact) mass is 345 g/mol. The third-order valence-corrected chi connectivity index (χ3v) is 5.12. The lowest BCUT2D eigenvalue weighted by Gasteiger charge is -2.30. The fourth-order valence-corrected chi connectivity index (χ4v) is 3.81. The molecule has 1 aliphatic heterocycles. The lowest BCUT2D eigenvalue weighted by molar-refractivity contribution is 0.262. The number of anilines is 3. The lowest BCUT2D eigenvalue weighted by atomic mass is 10.1. The van der Waals surface area contributed by atoms with E-state index in [2.05, 4.69) is 38.7 Å². The third kappa shape index (κ3) is 3.67. The molecule has 2 amide bonds. The number of H-pyrrole nitrogens is 1. The fraction of sp³-hybridized carbons (Fsp3) is 0.412. The van der Waals surface area contributed by atoms with Crippen molar-refractivity contribution in [1.29, 1.82) is 0 Å². The summed E-state index contributed by atoms with van der Waals surface area (Å²) in [5.41, 5.74) is 5.57. The molecule has 1 aromatic carbocycles. The van der Waals surface area contributed by atoms with Crippen molar-refractivity contribution in [2.24, 2.45) is 0 Å². The minimum atomic E-state index is -0.260. The van der Waals surface area contributed by atoms with Crippen LogP contribution in [0.4, 0.5) is 21.9 Å². The van der Waals surface area contributed by atoms with Gasteiger partial charge in [-0.25, -0.2) is 4.79 Å². The number of carbonyl (C=O) groups is 1. The maximum atomic E-state index is 12.2. The molecule has 6 nitrogen and oxygen atoms in total. The molecule has 0 bridgehead atoms. The quantitative estimate of drug-likeness (QED) is 0.796. The molecule has 24 heavy (non-hydrogen) atoms. The van der Waals surface area contributed by atoms with E-state index in [1.807, 2.05) is 37.7 Å². The molecular weight excluding hydrogens is 322 g/mol. The van der Waals surface area contributed by atoms with Crippen molar-refractivity contribution >= 4 is 34.9 Å². The number of aromatic amines is 1. The summed E-state index contributed by atoms with van der Waals surface area (Å²) in [5, 5.41) is 12.7. The first kappa shape index (κ1) is 16.7. The Kier molecular flexibility index (Phi) is 4.99. The molecule has 1 aromatic heterocycles. The highest BCUT2D eigenvalue weighted by Crippen LogP contribution is 2.26. The van der Waals surface area contributed by atoms with Crippen molar-refractivity contribution in [1.82, 2.24) is 10.2 Å². The summed E-state index contributed by atoms with van der Waals surface area (Å²) < 4.78 is 0. The molecule has 7 heteroatoms. The smallest absolute Gasteiger partial charge is 0.323 e. The first-order valence-corrected chi connectivity index (χ1v) is 9.23. The molecule has 0 saturated carbocycles. The van der Waals surface area contributed by atoms with Gasteiger partial charge in [0.05, 0.1) is 17.1 Å². The largest absolute Gasteiger partial charge is 0.370 e. The Labute approximate surface area is 146 Å². The Morgan fingerprint density at radius 1 is 1.21 bits per heavy atom. The summed E-state index contributed by atoms with van der Waals surface area (Å²) in [6.07, 6.45) is 0. The van der Waals surface area contributed by atoms with E-state index in [0.29, 0.717) is 0 Å². The van der Waals surface area contributed by atoms with Crippen LogP contribution in [0.5, 0.6) is 0 Å². The first-order valence-electron chi connectivity index (χ1n) is 8.07. The second kappa shape index (κ2) is 7.17. The number of benzene rings is 1. The van der Waals surface area contributed by atoms with Gasteiger partial charge in [-0.3, -0.25) is 5.10 Å². The number of nitrogens with one attached hydrogen (secondary N) is 3. The van der Waals surface area contributed by atoms with Crippen LogP contribution >= 0.6 is 11.8 Å². The third-order valence-electron chi connectivity index (χ3n) is 4.17. The minimum Gasteiger partial charge on any atom is -0.370 e. The number of carbonyl (C=O) groups excluding carboxylic acids is 1. The molecule has 0 atom stereocenters. The van der Waals surface area contributed by atoms with Gasteiger partial charge in [0.25, 0.3) is 0 Å². The average Bonchev–Trinajstić information content (AvgIpc) is 2.88. The van der Waals surface area contributed by atoms with Crippen LogP contribution in [0.25, 0.3) is 0 Å². The minimum absolute atomic E-state index is 0.260. The van der Waals surface area contributed by atoms with Crippen molar-refractivity contribution in [2.45, 2.75) is 20.8 Å². The van der Waals surface area contributed by atoms with E-state index in [0.717, 1.165) is 35.9 Å². The molecule has 3 N–H and O–H groups in total. The zero-order valence-corrected chi connectivity index (χ0v) is 15.1. The Balaban J connectivity index is 1.67. The van der Waals surface area contributed by atoms with Gasteiger partial charge in [-0.1, -0.05) is 0 Å². The number of thioether (sulfide) groups is 1. The van der Waals surface area contributed by atoms with E-state index in [9.17, 15) is 4.79 Å². The zero-order valence-electron chi connectivity index (χ0n) is 14.3. The lowest BCUT2D eigenvalue weighted by Crippen LogP contribution is -2.32. The summed E-state index contributed by atoms with van der Waals surface area (Å²) in [6.45, 7) is 7.99. The number of rotatable bonds is 3.